The summed E-state index contributed by atoms with van der Waals surface area (Å²) in [5.74, 6) is 0.00527. The molecule has 21 heavy (non-hydrogen) atoms. The third-order valence-corrected chi connectivity index (χ3v) is 4.04. The number of carbonyl (C=O) groups is 1. The van der Waals surface area contributed by atoms with Crippen LogP contribution in [0.5, 0.6) is 0 Å². The topological polar surface area (TPSA) is 55.1 Å². The molecule has 0 aliphatic heterocycles. The molecule has 0 aliphatic rings. The lowest BCUT2D eigenvalue weighted by atomic mass is 10.0. The quantitative estimate of drug-likeness (QED) is 0.753. The zero-order valence-corrected chi connectivity index (χ0v) is 14.1. The summed E-state index contributed by atoms with van der Waals surface area (Å²) in [4.78, 5) is 12.0. The molecule has 0 fully saturated rings. The van der Waals surface area contributed by atoms with Crippen LogP contribution < -0.4 is 11.1 Å². The molecule has 3 N–H and O–H groups in total. The molecule has 0 saturated carbocycles. The fourth-order valence-corrected chi connectivity index (χ4v) is 2.78. The van der Waals surface area contributed by atoms with Crippen LogP contribution >= 0.6 is 22.6 Å². The van der Waals surface area contributed by atoms with E-state index in [4.69, 9.17) is 5.73 Å². The van der Waals surface area contributed by atoms with Crippen LogP contribution in [0.15, 0.2) is 48.5 Å². The summed E-state index contributed by atoms with van der Waals surface area (Å²) in [6.07, 6.45) is 1.06. The van der Waals surface area contributed by atoms with Crippen molar-refractivity contribution in [2.75, 3.05) is 5.32 Å². The standard InChI is InChI=1S/C17H19IN2O/c1-12-11-14(18)7-9-16(12)20-17(21)10-8-15(19)13-5-3-2-4-6-13/h2-7,9,11,15H,8,10,19H2,1H3,(H,20,21). The Labute approximate surface area is 139 Å². The highest BCUT2D eigenvalue weighted by Gasteiger charge is 2.10. The third kappa shape index (κ3) is 4.82. The second-order valence-corrected chi connectivity index (χ2v) is 6.31. The van der Waals surface area contributed by atoms with Gasteiger partial charge >= 0.3 is 0 Å². The van der Waals surface area contributed by atoms with Crippen molar-refractivity contribution >= 4 is 34.2 Å². The van der Waals surface area contributed by atoms with Gasteiger partial charge in [-0.2, -0.15) is 0 Å². The smallest absolute Gasteiger partial charge is 0.224 e. The Morgan fingerprint density at radius 1 is 1.24 bits per heavy atom. The maximum Gasteiger partial charge on any atom is 0.224 e. The van der Waals surface area contributed by atoms with Crippen molar-refractivity contribution in [1.82, 2.24) is 0 Å². The molecule has 1 amide bonds. The number of aryl methyl sites for hydroxylation is 1. The van der Waals surface area contributed by atoms with Gasteiger partial charge in [0.25, 0.3) is 0 Å². The molecule has 2 rings (SSSR count). The second kappa shape index (κ2) is 7.56. The van der Waals surface area contributed by atoms with Crippen LogP contribution in [-0.4, -0.2) is 5.91 Å². The van der Waals surface area contributed by atoms with E-state index in [1.807, 2.05) is 55.5 Å². The lowest BCUT2D eigenvalue weighted by Crippen LogP contribution is -2.17. The first-order chi connectivity index (χ1) is 10.1. The summed E-state index contributed by atoms with van der Waals surface area (Å²) in [6.45, 7) is 1.99. The van der Waals surface area contributed by atoms with E-state index in [9.17, 15) is 4.79 Å². The number of nitrogens with two attached hydrogens (primary N) is 1. The molecule has 2 aromatic carbocycles. The number of benzene rings is 2. The van der Waals surface area contributed by atoms with Gasteiger partial charge in [0, 0.05) is 21.7 Å². The van der Waals surface area contributed by atoms with Gasteiger partial charge in [-0.3, -0.25) is 4.79 Å². The van der Waals surface area contributed by atoms with Gasteiger partial charge in [-0.25, -0.2) is 0 Å². The van der Waals surface area contributed by atoms with Crippen molar-refractivity contribution in [3.63, 3.8) is 0 Å². The van der Waals surface area contributed by atoms with E-state index >= 15 is 0 Å². The predicted octanol–water partition coefficient (Wildman–Crippen LogP) is 4.02. The highest BCUT2D eigenvalue weighted by molar-refractivity contribution is 14.1. The number of halogens is 1. The summed E-state index contributed by atoms with van der Waals surface area (Å²) < 4.78 is 1.16. The fraction of sp³-hybridized carbons (Fsp3) is 0.235. The van der Waals surface area contributed by atoms with Crippen molar-refractivity contribution < 1.29 is 4.79 Å². The summed E-state index contributed by atoms with van der Waals surface area (Å²) in [5, 5.41) is 2.95. The van der Waals surface area contributed by atoms with Crippen molar-refractivity contribution in [3.05, 3.63) is 63.2 Å². The molecule has 0 aromatic heterocycles. The Bertz CT molecular complexity index is 613. The van der Waals surface area contributed by atoms with Gasteiger partial charge in [-0.1, -0.05) is 30.3 Å². The van der Waals surface area contributed by atoms with Gasteiger partial charge in [0.05, 0.1) is 0 Å². The average molecular weight is 394 g/mol. The fourth-order valence-electron chi connectivity index (χ4n) is 2.13. The first kappa shape index (κ1) is 16.0. The van der Waals surface area contributed by atoms with Gasteiger partial charge in [0.15, 0.2) is 0 Å². The Balaban J connectivity index is 1.87. The van der Waals surface area contributed by atoms with E-state index in [2.05, 4.69) is 27.9 Å². The minimum Gasteiger partial charge on any atom is -0.326 e. The molecule has 2 aromatic rings. The molecule has 4 heteroatoms. The zero-order chi connectivity index (χ0) is 15.2. The number of carbonyl (C=O) groups excluding carboxylic acids is 1. The molecule has 0 radical (unpaired) electrons. The van der Waals surface area contributed by atoms with Gasteiger partial charge in [-0.15, -0.1) is 0 Å². The third-order valence-electron chi connectivity index (χ3n) is 3.37. The van der Waals surface area contributed by atoms with Crippen molar-refractivity contribution in [3.8, 4) is 0 Å². The summed E-state index contributed by atoms with van der Waals surface area (Å²) in [5.41, 5.74) is 9.11. The van der Waals surface area contributed by atoms with Crippen LogP contribution in [0.3, 0.4) is 0 Å². The molecular formula is C17H19IN2O. The molecule has 0 saturated heterocycles. The van der Waals surface area contributed by atoms with Crippen LogP contribution in [-0.2, 0) is 4.79 Å². The van der Waals surface area contributed by atoms with Crippen LogP contribution in [0, 0.1) is 10.5 Å². The van der Waals surface area contributed by atoms with Crippen LogP contribution in [0.4, 0.5) is 5.69 Å². The number of hydrogen-bond donors (Lipinski definition) is 2. The molecular weight excluding hydrogens is 375 g/mol. The number of nitrogens with one attached hydrogen (secondary N) is 1. The Morgan fingerprint density at radius 3 is 2.62 bits per heavy atom. The van der Waals surface area contributed by atoms with E-state index in [-0.39, 0.29) is 11.9 Å². The van der Waals surface area contributed by atoms with E-state index in [0.29, 0.717) is 12.8 Å². The van der Waals surface area contributed by atoms with E-state index in [1.165, 1.54) is 0 Å². The minimum atomic E-state index is -0.102. The Morgan fingerprint density at radius 2 is 1.95 bits per heavy atom. The number of rotatable bonds is 5. The summed E-state index contributed by atoms with van der Waals surface area (Å²) >= 11 is 2.26. The van der Waals surface area contributed by atoms with Crippen molar-refractivity contribution in [1.29, 1.82) is 0 Å². The van der Waals surface area contributed by atoms with Gasteiger partial charge in [-0.05, 0) is 65.3 Å². The number of amides is 1. The highest BCUT2D eigenvalue weighted by Crippen LogP contribution is 2.19. The zero-order valence-electron chi connectivity index (χ0n) is 12.0. The van der Waals surface area contributed by atoms with Crippen molar-refractivity contribution in [2.24, 2.45) is 5.73 Å². The largest absolute Gasteiger partial charge is 0.326 e. The molecule has 0 heterocycles. The minimum absolute atomic E-state index is 0.00527. The normalized spacial score (nSPS) is 12.0. The molecule has 0 bridgehead atoms. The first-order valence-electron chi connectivity index (χ1n) is 6.93. The molecule has 0 aliphatic carbocycles. The number of hydrogen-bond acceptors (Lipinski definition) is 2. The highest BCUT2D eigenvalue weighted by atomic mass is 127. The van der Waals surface area contributed by atoms with Gasteiger partial charge < -0.3 is 11.1 Å². The van der Waals surface area contributed by atoms with E-state index < -0.39 is 0 Å². The molecule has 3 nitrogen and oxygen atoms in total. The van der Waals surface area contributed by atoms with Crippen LogP contribution in [0.25, 0.3) is 0 Å². The SMILES string of the molecule is Cc1cc(I)ccc1NC(=O)CCC(N)c1ccccc1. The molecule has 110 valence electrons. The lowest BCUT2D eigenvalue weighted by Gasteiger charge is -2.13. The van der Waals surface area contributed by atoms with Gasteiger partial charge in [0.1, 0.15) is 0 Å². The lowest BCUT2D eigenvalue weighted by molar-refractivity contribution is -0.116. The first-order valence-corrected chi connectivity index (χ1v) is 8.00. The predicted molar refractivity (Wildman–Crippen MR) is 95.1 cm³/mol. The summed E-state index contributed by atoms with van der Waals surface area (Å²) in [7, 11) is 0. The van der Waals surface area contributed by atoms with E-state index in [0.717, 1.165) is 20.4 Å². The van der Waals surface area contributed by atoms with Crippen LogP contribution in [0.2, 0.25) is 0 Å². The van der Waals surface area contributed by atoms with Crippen molar-refractivity contribution in [2.45, 2.75) is 25.8 Å². The Kier molecular flexibility index (Phi) is 5.76. The van der Waals surface area contributed by atoms with Gasteiger partial charge in [0.2, 0.25) is 5.91 Å². The second-order valence-electron chi connectivity index (χ2n) is 5.06. The van der Waals surface area contributed by atoms with Crippen LogP contribution in [0.1, 0.15) is 30.0 Å². The summed E-state index contributed by atoms with van der Waals surface area (Å²) in [6, 6.07) is 15.7. The monoisotopic (exact) mass is 394 g/mol. The molecule has 0 spiro atoms. The Hall–Kier alpha value is -1.40. The number of anilines is 1. The van der Waals surface area contributed by atoms with E-state index in [1.54, 1.807) is 0 Å². The maximum atomic E-state index is 12.0. The maximum absolute atomic E-state index is 12.0. The average Bonchev–Trinajstić information content (AvgIpc) is 2.48. The molecule has 1 atom stereocenters. The molecule has 1 unspecified atom stereocenters.